The van der Waals surface area contributed by atoms with Crippen LogP contribution in [0, 0.1) is 0 Å². The summed E-state index contributed by atoms with van der Waals surface area (Å²) in [5.74, 6) is 0. The molecule has 0 radical (unpaired) electrons. The SMILES string of the molecule is CCOC=CC1CO1. The van der Waals surface area contributed by atoms with Gasteiger partial charge < -0.3 is 9.47 Å². The summed E-state index contributed by atoms with van der Waals surface area (Å²) in [6.07, 6.45) is 3.96. The number of hydrogen-bond acceptors (Lipinski definition) is 2. The molecule has 0 saturated carbocycles. The molecule has 1 aliphatic heterocycles. The van der Waals surface area contributed by atoms with Gasteiger partial charge in [-0.1, -0.05) is 0 Å². The predicted octanol–water partition coefficient (Wildman–Crippen LogP) is 0.935. The van der Waals surface area contributed by atoms with Gasteiger partial charge in [0.15, 0.2) is 0 Å². The minimum absolute atomic E-state index is 0.349. The topological polar surface area (TPSA) is 21.8 Å². The Morgan fingerprint density at radius 1 is 1.88 bits per heavy atom. The second kappa shape index (κ2) is 2.72. The van der Waals surface area contributed by atoms with Crippen molar-refractivity contribution in [2.75, 3.05) is 13.2 Å². The van der Waals surface area contributed by atoms with Gasteiger partial charge in [-0.05, 0) is 13.0 Å². The summed E-state index contributed by atoms with van der Waals surface area (Å²) in [7, 11) is 0. The van der Waals surface area contributed by atoms with Gasteiger partial charge in [-0.2, -0.15) is 0 Å². The summed E-state index contributed by atoms with van der Waals surface area (Å²) < 4.78 is 9.81. The van der Waals surface area contributed by atoms with Crippen LogP contribution in [0.4, 0.5) is 0 Å². The Balaban J connectivity index is 1.96. The van der Waals surface area contributed by atoms with E-state index in [0.29, 0.717) is 6.10 Å². The van der Waals surface area contributed by atoms with Crippen LogP contribution in [0.2, 0.25) is 0 Å². The van der Waals surface area contributed by atoms with Gasteiger partial charge in [0, 0.05) is 0 Å². The molecule has 0 aromatic rings. The molecule has 1 rings (SSSR count). The van der Waals surface area contributed by atoms with E-state index in [1.165, 1.54) is 0 Å². The molecule has 1 unspecified atom stereocenters. The highest BCUT2D eigenvalue weighted by Crippen LogP contribution is 2.09. The average Bonchev–Trinajstić information content (AvgIpc) is 2.51. The van der Waals surface area contributed by atoms with Crippen LogP contribution in [0.25, 0.3) is 0 Å². The molecule has 1 saturated heterocycles. The van der Waals surface area contributed by atoms with E-state index in [2.05, 4.69) is 0 Å². The minimum Gasteiger partial charge on any atom is -0.502 e. The van der Waals surface area contributed by atoms with Gasteiger partial charge in [0.05, 0.1) is 19.5 Å². The van der Waals surface area contributed by atoms with E-state index in [1.54, 1.807) is 6.26 Å². The first-order valence-corrected chi connectivity index (χ1v) is 2.83. The lowest BCUT2D eigenvalue weighted by Crippen LogP contribution is -1.79. The van der Waals surface area contributed by atoms with Crippen molar-refractivity contribution < 1.29 is 9.47 Å². The van der Waals surface area contributed by atoms with Crippen molar-refractivity contribution in [1.82, 2.24) is 0 Å². The number of rotatable bonds is 3. The van der Waals surface area contributed by atoms with Gasteiger partial charge in [-0.3, -0.25) is 0 Å². The molecule has 2 heteroatoms. The van der Waals surface area contributed by atoms with Crippen molar-refractivity contribution in [3.05, 3.63) is 12.3 Å². The maximum Gasteiger partial charge on any atom is 0.102 e. The maximum atomic E-state index is 4.92. The third-order valence-electron chi connectivity index (χ3n) is 0.915. The van der Waals surface area contributed by atoms with Crippen LogP contribution < -0.4 is 0 Å². The van der Waals surface area contributed by atoms with Crippen LogP contribution in [-0.2, 0) is 9.47 Å². The van der Waals surface area contributed by atoms with Gasteiger partial charge in [0.2, 0.25) is 0 Å². The zero-order valence-corrected chi connectivity index (χ0v) is 4.96. The first-order valence-electron chi connectivity index (χ1n) is 2.83. The van der Waals surface area contributed by atoms with Gasteiger partial charge in [0.25, 0.3) is 0 Å². The van der Waals surface area contributed by atoms with Crippen molar-refractivity contribution in [1.29, 1.82) is 0 Å². The molecular weight excluding hydrogens is 104 g/mol. The lowest BCUT2D eigenvalue weighted by Gasteiger charge is -1.88. The second-order valence-corrected chi connectivity index (χ2v) is 1.66. The Hall–Kier alpha value is -0.500. The normalized spacial score (nSPS) is 26.4. The maximum absolute atomic E-state index is 4.92. The number of epoxide rings is 1. The fourth-order valence-corrected chi connectivity index (χ4v) is 0.406. The molecular formula is C6H10O2. The van der Waals surface area contributed by atoms with Crippen molar-refractivity contribution >= 4 is 0 Å². The summed E-state index contributed by atoms with van der Waals surface area (Å²) in [6, 6.07) is 0. The fourth-order valence-electron chi connectivity index (χ4n) is 0.406. The molecule has 1 aliphatic rings. The first-order chi connectivity index (χ1) is 3.93. The van der Waals surface area contributed by atoms with E-state index in [9.17, 15) is 0 Å². The molecule has 0 bridgehead atoms. The molecule has 0 aromatic carbocycles. The molecule has 1 heterocycles. The van der Waals surface area contributed by atoms with Gasteiger partial charge in [-0.25, -0.2) is 0 Å². The van der Waals surface area contributed by atoms with Crippen LogP contribution in [-0.4, -0.2) is 19.3 Å². The lowest BCUT2D eigenvalue weighted by molar-refractivity contribution is 0.266. The molecule has 1 fully saturated rings. The van der Waals surface area contributed by atoms with Crippen molar-refractivity contribution in [3.63, 3.8) is 0 Å². The molecule has 2 nitrogen and oxygen atoms in total. The van der Waals surface area contributed by atoms with Gasteiger partial charge in [-0.15, -0.1) is 0 Å². The second-order valence-electron chi connectivity index (χ2n) is 1.66. The van der Waals surface area contributed by atoms with Crippen LogP contribution in [0.15, 0.2) is 12.3 Å². The van der Waals surface area contributed by atoms with Crippen LogP contribution >= 0.6 is 0 Å². The minimum atomic E-state index is 0.349. The number of hydrogen-bond donors (Lipinski definition) is 0. The highest BCUT2D eigenvalue weighted by atomic mass is 16.6. The van der Waals surface area contributed by atoms with Crippen LogP contribution in [0.1, 0.15) is 6.92 Å². The Bertz CT molecular complexity index is 84.5. The van der Waals surface area contributed by atoms with E-state index in [1.807, 2.05) is 13.0 Å². The summed E-state index contributed by atoms with van der Waals surface area (Å²) in [4.78, 5) is 0. The third kappa shape index (κ3) is 1.98. The van der Waals surface area contributed by atoms with Gasteiger partial charge in [0.1, 0.15) is 6.10 Å². The van der Waals surface area contributed by atoms with E-state index in [-0.39, 0.29) is 0 Å². The first kappa shape index (κ1) is 5.63. The van der Waals surface area contributed by atoms with E-state index in [0.717, 1.165) is 13.2 Å². The van der Waals surface area contributed by atoms with E-state index >= 15 is 0 Å². The Kier molecular flexibility index (Phi) is 1.92. The fraction of sp³-hybridized carbons (Fsp3) is 0.667. The van der Waals surface area contributed by atoms with E-state index in [4.69, 9.17) is 9.47 Å². The zero-order chi connectivity index (χ0) is 5.82. The number of ether oxygens (including phenoxy) is 2. The molecule has 0 spiro atoms. The molecule has 8 heavy (non-hydrogen) atoms. The van der Waals surface area contributed by atoms with Crippen molar-refractivity contribution in [2.24, 2.45) is 0 Å². The molecule has 1 atom stereocenters. The smallest absolute Gasteiger partial charge is 0.102 e. The summed E-state index contributed by atoms with van der Waals surface area (Å²) in [5.41, 5.74) is 0. The lowest BCUT2D eigenvalue weighted by atomic mass is 10.5. The molecule has 46 valence electrons. The van der Waals surface area contributed by atoms with Crippen molar-refractivity contribution in [2.45, 2.75) is 13.0 Å². The van der Waals surface area contributed by atoms with Crippen LogP contribution in [0.5, 0.6) is 0 Å². The molecule has 0 N–H and O–H groups in total. The molecule has 0 aliphatic carbocycles. The Morgan fingerprint density at radius 2 is 2.62 bits per heavy atom. The van der Waals surface area contributed by atoms with Crippen LogP contribution in [0.3, 0.4) is 0 Å². The summed E-state index contributed by atoms with van der Waals surface area (Å²) in [5, 5.41) is 0. The monoisotopic (exact) mass is 114 g/mol. The third-order valence-corrected chi connectivity index (χ3v) is 0.915. The zero-order valence-electron chi connectivity index (χ0n) is 4.96. The molecule has 0 amide bonds. The Labute approximate surface area is 49.1 Å². The summed E-state index contributed by atoms with van der Waals surface area (Å²) in [6.45, 7) is 3.56. The highest BCUT2D eigenvalue weighted by molar-refractivity contribution is 4.91. The molecule has 0 aromatic heterocycles. The van der Waals surface area contributed by atoms with E-state index < -0.39 is 0 Å². The summed E-state index contributed by atoms with van der Waals surface area (Å²) >= 11 is 0. The van der Waals surface area contributed by atoms with Gasteiger partial charge >= 0.3 is 0 Å². The Morgan fingerprint density at radius 3 is 3.12 bits per heavy atom. The largest absolute Gasteiger partial charge is 0.502 e. The highest BCUT2D eigenvalue weighted by Gasteiger charge is 2.17. The average molecular weight is 114 g/mol. The van der Waals surface area contributed by atoms with Crippen molar-refractivity contribution in [3.8, 4) is 0 Å². The quantitative estimate of drug-likeness (QED) is 0.402. The predicted molar refractivity (Wildman–Crippen MR) is 30.5 cm³/mol. The standard InChI is InChI=1S/C6H10O2/c1-2-7-4-3-6-5-8-6/h3-4,6H,2,5H2,1H3.